The summed E-state index contributed by atoms with van der Waals surface area (Å²) in [6.07, 6.45) is 0.285. The van der Waals surface area contributed by atoms with Crippen LogP contribution in [0.25, 0.3) is 22.3 Å². The highest BCUT2D eigenvalue weighted by atomic mass is 79.9. The molecule has 444 valence electrons. The van der Waals surface area contributed by atoms with Crippen LogP contribution in [0.4, 0.5) is 19.7 Å². The lowest BCUT2D eigenvalue weighted by Crippen LogP contribution is -2.51. The van der Waals surface area contributed by atoms with Crippen LogP contribution in [-0.4, -0.2) is 124 Å². The van der Waals surface area contributed by atoms with Crippen molar-refractivity contribution in [1.29, 1.82) is 0 Å². The maximum Gasteiger partial charge on any atom is 0.407 e. The van der Waals surface area contributed by atoms with Gasteiger partial charge in [0.1, 0.15) is 45.7 Å². The largest absolute Gasteiger partial charge is 0.458 e. The molecule has 1 aliphatic carbocycles. The van der Waals surface area contributed by atoms with E-state index >= 15 is 4.39 Å². The van der Waals surface area contributed by atoms with Crippen molar-refractivity contribution in [2.24, 2.45) is 0 Å². The number of rotatable bonds is 23. The number of nitrogens with one attached hydrogen (secondary N) is 5. The third-order valence-electron chi connectivity index (χ3n) is 14.6. The Bertz CT molecular complexity index is 3340. The molecule has 7 amide bonds. The summed E-state index contributed by atoms with van der Waals surface area (Å²) < 4.78 is 44.4. The Morgan fingerprint density at radius 3 is 2.30 bits per heavy atom. The number of amides is 7. The zero-order valence-electron chi connectivity index (χ0n) is 46.6. The zero-order valence-corrected chi connectivity index (χ0v) is 49.8. The lowest BCUT2D eigenvalue weighted by atomic mass is 9.81. The van der Waals surface area contributed by atoms with Gasteiger partial charge in [-0.25, -0.2) is 23.8 Å². The van der Waals surface area contributed by atoms with E-state index in [0.717, 1.165) is 10.5 Å². The van der Waals surface area contributed by atoms with Crippen molar-refractivity contribution < 1.29 is 71.5 Å². The van der Waals surface area contributed by atoms with Crippen LogP contribution < -0.4 is 32.1 Å². The fourth-order valence-electron chi connectivity index (χ4n) is 10.2. The third kappa shape index (κ3) is 13.9. The van der Waals surface area contributed by atoms with Gasteiger partial charge in [0.15, 0.2) is 5.60 Å². The number of hydrogen-bond donors (Lipinski definition) is 6. The Hall–Kier alpha value is -7.13. The van der Waals surface area contributed by atoms with Gasteiger partial charge in [-0.15, -0.1) is 0 Å². The predicted molar refractivity (Wildman–Crippen MR) is 304 cm³/mol. The number of carbonyl (C=O) groups is 8. The van der Waals surface area contributed by atoms with Crippen LogP contribution in [0.3, 0.4) is 0 Å². The van der Waals surface area contributed by atoms with E-state index in [1.165, 1.54) is 17.6 Å². The molecule has 3 aliphatic heterocycles. The van der Waals surface area contributed by atoms with Crippen LogP contribution in [0, 0.1) is 12.7 Å². The van der Waals surface area contributed by atoms with Gasteiger partial charge in [0.05, 0.1) is 68.0 Å². The highest BCUT2D eigenvalue weighted by Gasteiger charge is 2.46. The number of aryl methyl sites for hydroxylation is 1. The molecule has 6 N–H and O–H groups in total. The molecule has 1 unspecified atom stereocenters. The molecule has 0 radical (unpaired) electrons. The first-order chi connectivity index (χ1) is 39.4. The molecule has 0 spiro atoms. The number of unbranched alkanes of at least 4 members (excludes halogenated alkanes) is 1. The fourth-order valence-corrected chi connectivity index (χ4v) is 11.0. The number of imide groups is 1. The zero-order chi connectivity index (χ0) is 60.1. The quantitative estimate of drug-likeness (QED) is 0.0193. The molecular weight excluding hydrogens is 1220 g/mol. The molecule has 2 aromatic carbocycles. The molecule has 4 aliphatic rings. The number of esters is 1. The van der Waals surface area contributed by atoms with Crippen molar-refractivity contribution in [2.45, 2.75) is 136 Å². The maximum atomic E-state index is 15.5. The summed E-state index contributed by atoms with van der Waals surface area (Å²) >= 11 is 6.14. The molecule has 2 aromatic heterocycles. The lowest BCUT2D eigenvalue weighted by molar-refractivity contribution is -0.172. The third-order valence-corrected chi connectivity index (χ3v) is 16.6. The monoisotopic (exact) mass is 1280 g/mol. The molecule has 0 fully saturated rings. The number of aromatic nitrogens is 2. The fraction of sp³-hybridized carbons (Fsp3) is 0.474. The van der Waals surface area contributed by atoms with Gasteiger partial charge < -0.3 is 59.9 Å². The number of ether oxygens (including phenoxy) is 5. The minimum atomic E-state index is -2.05. The van der Waals surface area contributed by atoms with Gasteiger partial charge >= 0.3 is 18.2 Å². The molecular formula is C57H65Br2FN8O15. The van der Waals surface area contributed by atoms with Gasteiger partial charge in [-0.05, 0) is 145 Å². The van der Waals surface area contributed by atoms with E-state index in [1.807, 2.05) is 0 Å². The Labute approximate surface area is 493 Å². The van der Waals surface area contributed by atoms with Crippen LogP contribution in [0.1, 0.15) is 118 Å². The smallest absolute Gasteiger partial charge is 0.407 e. The van der Waals surface area contributed by atoms with Crippen LogP contribution in [0.2, 0.25) is 0 Å². The lowest BCUT2D eigenvalue weighted by Gasteiger charge is -2.31. The molecule has 0 saturated carbocycles. The van der Waals surface area contributed by atoms with Crippen molar-refractivity contribution in [3.63, 3.8) is 0 Å². The summed E-state index contributed by atoms with van der Waals surface area (Å²) in [4.78, 5) is 123. The average Bonchev–Trinajstić information content (AvgIpc) is 2.40. The van der Waals surface area contributed by atoms with Crippen molar-refractivity contribution in [2.75, 3.05) is 44.8 Å². The molecule has 4 aromatic rings. The van der Waals surface area contributed by atoms with Gasteiger partial charge in [0, 0.05) is 41.2 Å². The van der Waals surface area contributed by atoms with E-state index in [1.54, 1.807) is 65.0 Å². The van der Waals surface area contributed by atoms with Crippen LogP contribution in [0.15, 0.2) is 50.2 Å². The normalized spacial score (nSPS) is 17.7. The number of hydrogen-bond acceptors (Lipinski definition) is 16. The molecule has 4 atom stereocenters. The molecule has 0 bridgehead atoms. The number of anilines is 1. The number of benzene rings is 2. The first-order valence-electron chi connectivity index (χ1n) is 27.2. The van der Waals surface area contributed by atoms with E-state index in [0.29, 0.717) is 75.9 Å². The minimum Gasteiger partial charge on any atom is -0.458 e. The van der Waals surface area contributed by atoms with E-state index < -0.39 is 88.4 Å². The second kappa shape index (κ2) is 26.2. The number of carbonyl (C=O) groups excluding carboxylic acids is 8. The number of nitrogens with zero attached hydrogens (tertiary/aromatic N) is 3. The van der Waals surface area contributed by atoms with Crippen molar-refractivity contribution in [3.05, 3.63) is 100 Å². The number of cyclic esters (lactones) is 1. The van der Waals surface area contributed by atoms with Crippen LogP contribution in [-0.2, 0) is 84.2 Å². The highest BCUT2D eigenvalue weighted by Crippen LogP contribution is 2.46. The summed E-state index contributed by atoms with van der Waals surface area (Å²) in [5.41, 5.74) is 1.49. The maximum absolute atomic E-state index is 15.5. The SMILES string of the molecule is CC[C@@]1(O)C(=O)OCc2c1cc1n(c2=O)Cc2c-1nc1cc(F)c(C)c3c1c2C(NC(=O)OCc1ccc(NC(=O)[C@H](CCCCNC(=O)OC(C)(C)C)NC(=O)[C@H](C)NC(=O)CCOCCOCCN2C(=O)C(Br)=C(Br)C2=O)cc1)CC3. The van der Waals surface area contributed by atoms with E-state index in [4.69, 9.17) is 28.7 Å². The molecule has 5 heterocycles. The summed E-state index contributed by atoms with van der Waals surface area (Å²) in [5.74, 6) is -3.94. The van der Waals surface area contributed by atoms with Crippen molar-refractivity contribution in [3.8, 4) is 11.4 Å². The number of alkyl carbamates (subject to hydrolysis) is 2. The number of pyridine rings is 2. The van der Waals surface area contributed by atoms with E-state index in [-0.39, 0.29) is 98.6 Å². The molecule has 26 heteroatoms. The second-order valence-electron chi connectivity index (χ2n) is 21.4. The number of fused-ring (bicyclic) bond motifs is 5. The average molecular weight is 1280 g/mol. The standard InChI is InChI=1S/C57H65Br2FN8O15/c1-7-57(78)36-24-41-47-34(26-68(41)50(72)35(36)28-81-53(57)75)44-38(16-15-33-29(2)37(60)25-40(64-47)43(33)44)66-55(77)82-27-31-11-13-32(14-12-31)63-49(71)39(10-8-9-18-61-54(76)83-56(4,5)6)65-48(70)30(3)62-42(69)17-20-79-22-23-80-21-19-67-51(73)45(58)46(59)52(67)74/h11-14,24-25,30,38-39,78H,7-10,15-23,26-28H2,1-6H3,(H,61,76)(H,62,69)(H,63,71)(H,65,70)(H,66,77)/t30-,38?,39-,57-/m0/s1. The summed E-state index contributed by atoms with van der Waals surface area (Å²) in [7, 11) is 0. The molecule has 83 heavy (non-hydrogen) atoms. The van der Waals surface area contributed by atoms with Gasteiger partial charge in [-0.2, -0.15) is 0 Å². The minimum absolute atomic E-state index is 0.00692. The molecule has 0 saturated heterocycles. The molecule has 8 rings (SSSR count). The first kappa shape index (κ1) is 61.9. The van der Waals surface area contributed by atoms with Gasteiger partial charge in [0.2, 0.25) is 17.7 Å². The molecule has 23 nitrogen and oxygen atoms in total. The van der Waals surface area contributed by atoms with E-state index in [9.17, 15) is 48.3 Å². The highest BCUT2D eigenvalue weighted by molar-refractivity contribution is 9.14. The summed E-state index contributed by atoms with van der Waals surface area (Å²) in [6, 6.07) is 6.63. The predicted octanol–water partition coefficient (Wildman–Crippen LogP) is 5.86. The van der Waals surface area contributed by atoms with Gasteiger partial charge in [-0.3, -0.25) is 33.7 Å². The Morgan fingerprint density at radius 1 is 0.916 bits per heavy atom. The first-order valence-corrected chi connectivity index (χ1v) is 28.8. The number of halogens is 3. The van der Waals surface area contributed by atoms with Crippen LogP contribution in [0.5, 0.6) is 0 Å². The van der Waals surface area contributed by atoms with Gasteiger partial charge in [0.25, 0.3) is 17.4 Å². The Morgan fingerprint density at radius 2 is 1.61 bits per heavy atom. The van der Waals surface area contributed by atoms with E-state index in [2.05, 4.69) is 58.4 Å². The Balaban J connectivity index is 0.855. The number of aliphatic hydroxyl groups is 1. The second-order valence-corrected chi connectivity index (χ2v) is 23.0. The summed E-state index contributed by atoms with van der Waals surface area (Å²) in [6.45, 7) is 10.2. The van der Waals surface area contributed by atoms with Gasteiger partial charge in [-0.1, -0.05) is 19.1 Å². The van der Waals surface area contributed by atoms with Crippen LogP contribution >= 0.6 is 31.9 Å². The van der Waals surface area contributed by atoms with Crippen molar-refractivity contribution in [1.82, 2.24) is 35.7 Å². The Kier molecular flexibility index (Phi) is 19.5. The topological polar surface area (TPSA) is 301 Å². The van der Waals surface area contributed by atoms with Crippen molar-refractivity contribution >= 4 is 96.1 Å². The summed E-state index contributed by atoms with van der Waals surface area (Å²) in [5, 5.41) is 25.9.